The third-order valence-electron chi connectivity index (χ3n) is 2.98. The predicted octanol–water partition coefficient (Wildman–Crippen LogP) is 0.415. The molecule has 0 amide bonds. The topological polar surface area (TPSA) is 58.9 Å². The van der Waals surface area contributed by atoms with Gasteiger partial charge in [0.15, 0.2) is 5.79 Å². The molecule has 0 radical (unpaired) electrons. The van der Waals surface area contributed by atoms with E-state index in [2.05, 4.69) is 0 Å². The lowest BCUT2D eigenvalue weighted by Crippen LogP contribution is -2.50. The summed E-state index contributed by atoms with van der Waals surface area (Å²) in [7, 11) is 0. The number of hydrogen-bond donors (Lipinski definition) is 2. The van der Waals surface area contributed by atoms with Gasteiger partial charge in [0.05, 0.1) is 25.4 Å². The van der Waals surface area contributed by atoms with E-state index in [0.717, 1.165) is 19.3 Å². The molecule has 2 fully saturated rings. The number of rotatable bonds is 1. The summed E-state index contributed by atoms with van der Waals surface area (Å²) in [5, 5.41) is 18.7. The lowest BCUT2D eigenvalue weighted by Gasteiger charge is -2.44. The molecule has 0 aliphatic carbocycles. The molecular formula is C10H18O4. The summed E-state index contributed by atoms with van der Waals surface area (Å²) in [6.45, 7) is 0.660. The molecule has 1 spiro atoms. The highest BCUT2D eigenvalue weighted by Crippen LogP contribution is 2.36. The molecule has 2 aliphatic heterocycles. The summed E-state index contributed by atoms with van der Waals surface area (Å²) in [4.78, 5) is 0. The summed E-state index contributed by atoms with van der Waals surface area (Å²) in [5.74, 6) is -0.608. The van der Waals surface area contributed by atoms with Crippen LogP contribution in [0, 0.1) is 0 Å². The van der Waals surface area contributed by atoms with Gasteiger partial charge in [-0.1, -0.05) is 0 Å². The molecule has 2 heterocycles. The van der Waals surface area contributed by atoms with E-state index in [9.17, 15) is 5.11 Å². The van der Waals surface area contributed by atoms with Crippen LogP contribution in [0.15, 0.2) is 0 Å². The third-order valence-corrected chi connectivity index (χ3v) is 2.98. The van der Waals surface area contributed by atoms with E-state index in [-0.39, 0.29) is 12.7 Å². The molecule has 0 unspecified atom stereocenters. The first-order chi connectivity index (χ1) is 6.74. The predicted molar refractivity (Wildman–Crippen MR) is 49.7 cm³/mol. The van der Waals surface area contributed by atoms with E-state index in [1.807, 2.05) is 0 Å². The second kappa shape index (κ2) is 4.14. The van der Waals surface area contributed by atoms with Crippen molar-refractivity contribution in [3.05, 3.63) is 0 Å². The number of hydrogen-bond acceptors (Lipinski definition) is 4. The lowest BCUT2D eigenvalue weighted by atomic mass is 9.93. The first kappa shape index (κ1) is 10.4. The van der Waals surface area contributed by atoms with E-state index in [1.165, 1.54) is 0 Å². The summed E-state index contributed by atoms with van der Waals surface area (Å²) in [6.07, 6.45) is 3.36. The molecule has 2 rings (SSSR count). The highest BCUT2D eigenvalue weighted by molar-refractivity contribution is 4.85. The second-order valence-corrected chi connectivity index (χ2v) is 4.23. The number of ether oxygens (including phenoxy) is 2. The Kier molecular flexibility index (Phi) is 3.07. The van der Waals surface area contributed by atoms with E-state index < -0.39 is 11.9 Å². The van der Waals surface area contributed by atoms with Gasteiger partial charge < -0.3 is 19.7 Å². The van der Waals surface area contributed by atoms with Crippen LogP contribution in [0.2, 0.25) is 0 Å². The Hall–Kier alpha value is -0.160. The van der Waals surface area contributed by atoms with Gasteiger partial charge >= 0.3 is 0 Å². The molecule has 0 bridgehead atoms. The average molecular weight is 202 g/mol. The van der Waals surface area contributed by atoms with Crippen molar-refractivity contribution < 1.29 is 19.7 Å². The van der Waals surface area contributed by atoms with Crippen molar-refractivity contribution >= 4 is 0 Å². The molecule has 0 aromatic heterocycles. The Balaban J connectivity index is 2.02. The Morgan fingerprint density at radius 1 is 1.36 bits per heavy atom. The van der Waals surface area contributed by atoms with Crippen molar-refractivity contribution in [2.24, 2.45) is 0 Å². The maximum absolute atomic E-state index is 9.66. The zero-order valence-corrected chi connectivity index (χ0v) is 8.32. The zero-order chi connectivity index (χ0) is 10.0. The van der Waals surface area contributed by atoms with Gasteiger partial charge in [0.25, 0.3) is 0 Å². The molecule has 4 nitrogen and oxygen atoms in total. The van der Waals surface area contributed by atoms with Crippen molar-refractivity contribution in [2.75, 3.05) is 13.2 Å². The van der Waals surface area contributed by atoms with E-state index >= 15 is 0 Å². The number of aliphatic hydroxyl groups is 2. The fourth-order valence-electron chi connectivity index (χ4n) is 2.34. The highest BCUT2D eigenvalue weighted by Gasteiger charge is 2.42. The normalized spacial score (nSPS) is 44.1. The van der Waals surface area contributed by atoms with Gasteiger partial charge in [-0.25, -0.2) is 0 Å². The van der Waals surface area contributed by atoms with Crippen LogP contribution in [0.25, 0.3) is 0 Å². The van der Waals surface area contributed by atoms with Crippen LogP contribution in [0.1, 0.15) is 32.1 Å². The standard InChI is InChI=1S/C10H18O4/c11-7-9-5-8(12)6-10(14-9)3-1-2-4-13-10/h8-9,11-12H,1-7H2/t8-,9+,10-/m1/s1. The average Bonchev–Trinajstić information content (AvgIpc) is 2.17. The van der Waals surface area contributed by atoms with Crippen molar-refractivity contribution in [1.82, 2.24) is 0 Å². The quantitative estimate of drug-likeness (QED) is 0.647. The fraction of sp³-hybridized carbons (Fsp3) is 1.00. The van der Waals surface area contributed by atoms with Crippen LogP contribution in [-0.4, -0.2) is 41.4 Å². The van der Waals surface area contributed by atoms with Gasteiger partial charge in [0, 0.05) is 19.3 Å². The Bertz CT molecular complexity index is 189. The minimum atomic E-state index is -0.608. The van der Waals surface area contributed by atoms with Gasteiger partial charge in [-0.3, -0.25) is 0 Å². The van der Waals surface area contributed by atoms with Crippen molar-refractivity contribution in [1.29, 1.82) is 0 Å². The first-order valence-corrected chi connectivity index (χ1v) is 5.35. The number of aliphatic hydroxyl groups excluding tert-OH is 2. The monoisotopic (exact) mass is 202 g/mol. The van der Waals surface area contributed by atoms with Crippen molar-refractivity contribution in [3.63, 3.8) is 0 Å². The molecule has 2 saturated heterocycles. The van der Waals surface area contributed by atoms with E-state index in [0.29, 0.717) is 19.4 Å². The van der Waals surface area contributed by atoms with Gasteiger partial charge in [-0.2, -0.15) is 0 Å². The van der Waals surface area contributed by atoms with Crippen LogP contribution in [0.5, 0.6) is 0 Å². The minimum absolute atomic E-state index is 0.0395. The van der Waals surface area contributed by atoms with E-state index in [1.54, 1.807) is 0 Å². The molecule has 82 valence electrons. The van der Waals surface area contributed by atoms with Gasteiger partial charge in [-0.15, -0.1) is 0 Å². The maximum atomic E-state index is 9.66. The van der Waals surface area contributed by atoms with Crippen molar-refractivity contribution in [2.45, 2.75) is 50.1 Å². The van der Waals surface area contributed by atoms with Crippen LogP contribution in [0.4, 0.5) is 0 Å². The SMILES string of the molecule is OC[C@@H]1C[C@@H](O)C[C@@]2(CCCCO2)O1. The summed E-state index contributed by atoms with van der Waals surface area (Å²) < 4.78 is 11.3. The maximum Gasteiger partial charge on any atom is 0.171 e. The van der Waals surface area contributed by atoms with Crippen LogP contribution >= 0.6 is 0 Å². The minimum Gasteiger partial charge on any atom is -0.394 e. The van der Waals surface area contributed by atoms with Crippen LogP contribution in [-0.2, 0) is 9.47 Å². The molecule has 4 heteroatoms. The Morgan fingerprint density at radius 2 is 2.21 bits per heavy atom. The summed E-state index contributed by atoms with van der Waals surface area (Å²) in [6, 6.07) is 0. The summed E-state index contributed by atoms with van der Waals surface area (Å²) >= 11 is 0. The van der Waals surface area contributed by atoms with Crippen LogP contribution < -0.4 is 0 Å². The Morgan fingerprint density at radius 3 is 2.86 bits per heavy atom. The molecular weight excluding hydrogens is 184 g/mol. The molecule has 0 aromatic rings. The van der Waals surface area contributed by atoms with Crippen molar-refractivity contribution in [3.8, 4) is 0 Å². The Labute approximate surface area is 83.8 Å². The highest BCUT2D eigenvalue weighted by atomic mass is 16.7. The smallest absolute Gasteiger partial charge is 0.171 e. The largest absolute Gasteiger partial charge is 0.394 e. The fourth-order valence-corrected chi connectivity index (χ4v) is 2.34. The molecule has 0 saturated carbocycles. The zero-order valence-electron chi connectivity index (χ0n) is 8.32. The second-order valence-electron chi connectivity index (χ2n) is 4.23. The molecule has 3 atom stereocenters. The third kappa shape index (κ3) is 2.08. The first-order valence-electron chi connectivity index (χ1n) is 5.35. The molecule has 2 aliphatic rings. The van der Waals surface area contributed by atoms with Gasteiger partial charge in [-0.05, 0) is 12.8 Å². The van der Waals surface area contributed by atoms with Gasteiger partial charge in [0.1, 0.15) is 0 Å². The molecule has 2 N–H and O–H groups in total. The van der Waals surface area contributed by atoms with E-state index in [4.69, 9.17) is 14.6 Å². The molecule has 0 aromatic carbocycles. The van der Waals surface area contributed by atoms with Gasteiger partial charge in [0.2, 0.25) is 0 Å². The molecule has 14 heavy (non-hydrogen) atoms. The lowest BCUT2D eigenvalue weighted by molar-refractivity contribution is -0.312. The summed E-state index contributed by atoms with van der Waals surface area (Å²) in [5.41, 5.74) is 0. The van der Waals surface area contributed by atoms with Crippen LogP contribution in [0.3, 0.4) is 0 Å².